The minimum absolute atomic E-state index is 0.00390. The van der Waals surface area contributed by atoms with Gasteiger partial charge in [0.05, 0.1) is 26.4 Å². The van der Waals surface area contributed by atoms with Crippen molar-refractivity contribution in [3.63, 3.8) is 0 Å². The van der Waals surface area contributed by atoms with E-state index in [0.717, 1.165) is 63.6 Å². The molecule has 0 radical (unpaired) electrons. The van der Waals surface area contributed by atoms with Gasteiger partial charge in [-0.3, -0.25) is 19.8 Å². The molecule has 2 aromatic heterocycles. The minimum atomic E-state index is -4.65. The van der Waals surface area contributed by atoms with E-state index in [0.29, 0.717) is 37.3 Å². The highest BCUT2D eigenvalue weighted by atomic mass is 32.2. The van der Waals surface area contributed by atoms with Gasteiger partial charge in [-0.25, -0.2) is 22.5 Å². The number of fused-ring (bicyclic) bond motifs is 1. The summed E-state index contributed by atoms with van der Waals surface area (Å²) >= 11 is 0. The lowest BCUT2D eigenvalue weighted by Gasteiger charge is -2.57. The normalized spacial score (nSPS) is 23.0. The smallest absolute Gasteiger partial charge is 0.293 e. The van der Waals surface area contributed by atoms with Crippen LogP contribution in [0.2, 0.25) is 0 Å². The van der Waals surface area contributed by atoms with E-state index in [4.69, 9.17) is 4.74 Å². The van der Waals surface area contributed by atoms with Gasteiger partial charge < -0.3 is 25.0 Å². The van der Waals surface area contributed by atoms with E-state index in [1.807, 2.05) is 0 Å². The van der Waals surface area contributed by atoms with Crippen molar-refractivity contribution >= 4 is 50.1 Å². The number of ether oxygens (including phenoxy) is 1. The number of carbonyl (C=O) groups is 1. The Kier molecular flexibility index (Phi) is 12.7. The maximum atomic E-state index is 14.8. The van der Waals surface area contributed by atoms with Gasteiger partial charge in [0.2, 0.25) is 0 Å². The number of nitro groups is 1. The number of H-pyrrole nitrogens is 1. The molecule has 4 fully saturated rings. The molecule has 2 saturated heterocycles. The first-order valence-electron chi connectivity index (χ1n) is 23.5. The third-order valence-corrected chi connectivity index (χ3v) is 16.3. The van der Waals surface area contributed by atoms with Crippen LogP contribution in [0.15, 0.2) is 84.4 Å². The van der Waals surface area contributed by atoms with E-state index in [-0.39, 0.29) is 50.8 Å². The molecule has 354 valence electrons. The maximum Gasteiger partial charge on any atom is 0.293 e. The summed E-state index contributed by atoms with van der Waals surface area (Å²) < 4.78 is 51.0. The number of halogens is 1. The van der Waals surface area contributed by atoms with Gasteiger partial charge in [-0.05, 0) is 129 Å². The lowest BCUT2D eigenvalue weighted by molar-refractivity contribution is -0.384. The Hall–Kier alpha value is -5.84. The fraction of sp³-hybridized carbons (Fsp3) is 0.451. The molecule has 16 heteroatoms. The van der Waals surface area contributed by atoms with E-state index in [9.17, 15) is 32.8 Å². The molecule has 2 aliphatic heterocycles. The summed E-state index contributed by atoms with van der Waals surface area (Å²) in [5, 5.41) is 25.8. The number of nitrogens with zero attached hydrogens (tertiary/aromatic N) is 4. The number of nitrogens with one attached hydrogen (secondary N) is 3. The number of nitro benzene ring substituents is 1. The summed E-state index contributed by atoms with van der Waals surface area (Å²) in [6, 6.07) is 19.3. The number of aromatic nitrogens is 2. The second kappa shape index (κ2) is 18.3. The number of sulfonamides is 1. The van der Waals surface area contributed by atoms with Crippen molar-refractivity contribution in [1.82, 2.24) is 19.6 Å². The van der Waals surface area contributed by atoms with Crippen molar-refractivity contribution < 1.29 is 32.4 Å². The maximum absolute atomic E-state index is 14.8. The summed E-state index contributed by atoms with van der Waals surface area (Å²) in [5.41, 5.74) is 3.31. The van der Waals surface area contributed by atoms with Gasteiger partial charge in [-0.1, -0.05) is 51.1 Å². The number of aliphatic hydroxyl groups is 1. The zero-order valence-corrected chi connectivity index (χ0v) is 39.2. The monoisotopic (exact) mass is 933 g/mol. The molecule has 4 aliphatic rings. The summed E-state index contributed by atoms with van der Waals surface area (Å²) in [6.45, 7) is 14.3. The number of pyridine rings is 1. The number of rotatable bonds is 14. The standard InChI is InChI=1S/C51H60FN7O7S/c1-5-42-47(27-40-41(52)29-54-48(40)55-42)66-46-25-34(57-23-21-51(22-24-57)30-58(31-51)44-12-8-11-38(44)37-10-7-6-9-36(37)32(2)3)13-15-39(46)49(60)56-67(64,65)35-14-16-43(45(26-35)59(62)63)53-28-33-17-19-50(4,61)20-18-33/h5-7,9-10,13-16,25-27,29,32-33,38,44,53,61H,1,8,11-12,17-24,28,30-31H2,2-4H3,(H,54,55)(H,56,60)/t33-,38-,44-,50-/m1/s1. The topological polar surface area (TPSA) is 183 Å². The van der Waals surface area contributed by atoms with Crippen molar-refractivity contribution in [2.75, 3.05) is 42.9 Å². The van der Waals surface area contributed by atoms with E-state index < -0.39 is 42.9 Å². The lowest BCUT2D eigenvalue weighted by Crippen LogP contribution is -2.63. The summed E-state index contributed by atoms with van der Waals surface area (Å²) in [5.74, 6) is -0.277. The van der Waals surface area contributed by atoms with Gasteiger partial charge in [0.1, 0.15) is 28.6 Å². The molecule has 1 amide bonds. The summed E-state index contributed by atoms with van der Waals surface area (Å²) in [4.78, 5) is 37.3. The molecular weight excluding hydrogens is 874 g/mol. The van der Waals surface area contributed by atoms with E-state index >= 15 is 0 Å². The molecule has 2 saturated carbocycles. The molecule has 14 nitrogen and oxygen atoms in total. The van der Waals surface area contributed by atoms with Crippen molar-refractivity contribution in [3.05, 3.63) is 118 Å². The first kappa shape index (κ1) is 46.3. The Bertz CT molecular complexity index is 2800. The number of likely N-dealkylation sites (tertiary alicyclic amines) is 1. The van der Waals surface area contributed by atoms with Crippen LogP contribution in [0, 0.1) is 27.3 Å². The van der Waals surface area contributed by atoms with Crippen LogP contribution in [0.1, 0.15) is 118 Å². The average molecular weight is 934 g/mol. The molecule has 0 bridgehead atoms. The number of benzene rings is 3. The molecule has 0 unspecified atom stereocenters. The number of hydrogen-bond acceptors (Lipinski definition) is 11. The zero-order valence-electron chi connectivity index (χ0n) is 38.4. The third kappa shape index (κ3) is 9.53. The molecule has 4 heterocycles. The second-order valence-electron chi connectivity index (χ2n) is 19.9. The number of aromatic amines is 1. The molecule has 2 aliphatic carbocycles. The van der Waals surface area contributed by atoms with Crippen LogP contribution in [0.25, 0.3) is 17.1 Å². The van der Waals surface area contributed by atoms with Gasteiger partial charge in [0.15, 0.2) is 5.75 Å². The summed E-state index contributed by atoms with van der Waals surface area (Å²) in [6.07, 6.45) is 11.0. The SMILES string of the molecule is C=Cc1nc2[nH]cc(F)c2cc1Oc1cc(N2CCC3(CC2)CN([C@@H]2CCC[C@@H]2c2ccccc2C(C)C)C3)ccc1C(=O)NS(=O)(=O)c1ccc(NC[C@H]2CC[C@](C)(O)CC2)c([N+](=O)[O-])c1. The Morgan fingerprint density at radius 1 is 1.04 bits per heavy atom. The van der Waals surface area contributed by atoms with Gasteiger partial charge in [0.25, 0.3) is 21.6 Å². The van der Waals surface area contributed by atoms with Gasteiger partial charge in [-0.15, -0.1) is 0 Å². The predicted octanol–water partition coefficient (Wildman–Crippen LogP) is 9.88. The molecule has 1 spiro atoms. The van der Waals surface area contributed by atoms with Crippen LogP contribution in [0.4, 0.5) is 21.5 Å². The first-order chi connectivity index (χ1) is 32.0. The van der Waals surface area contributed by atoms with Crippen LogP contribution in [0.5, 0.6) is 11.5 Å². The lowest BCUT2D eigenvalue weighted by atomic mass is 9.70. The van der Waals surface area contributed by atoms with Crippen LogP contribution >= 0.6 is 0 Å². The van der Waals surface area contributed by atoms with Crippen LogP contribution in [-0.4, -0.2) is 83.6 Å². The third-order valence-electron chi connectivity index (χ3n) is 14.9. The van der Waals surface area contributed by atoms with Crippen molar-refractivity contribution in [2.24, 2.45) is 11.3 Å². The van der Waals surface area contributed by atoms with E-state index in [1.165, 1.54) is 66.9 Å². The Balaban J connectivity index is 0.928. The highest BCUT2D eigenvalue weighted by molar-refractivity contribution is 7.90. The fourth-order valence-electron chi connectivity index (χ4n) is 11.0. The van der Waals surface area contributed by atoms with Crippen LogP contribution in [0.3, 0.4) is 0 Å². The molecular formula is C51H60FN7O7S. The predicted molar refractivity (Wildman–Crippen MR) is 258 cm³/mol. The zero-order chi connectivity index (χ0) is 47.3. The number of hydrogen-bond donors (Lipinski definition) is 4. The second-order valence-corrected chi connectivity index (χ2v) is 21.5. The van der Waals surface area contributed by atoms with E-state index in [2.05, 4.69) is 74.5 Å². The number of amides is 1. The molecule has 9 rings (SSSR count). The van der Waals surface area contributed by atoms with E-state index in [1.54, 1.807) is 19.1 Å². The highest BCUT2D eigenvalue weighted by Crippen LogP contribution is 2.49. The van der Waals surface area contributed by atoms with Crippen molar-refractivity contribution in [3.8, 4) is 11.5 Å². The Morgan fingerprint density at radius 3 is 2.51 bits per heavy atom. The van der Waals surface area contributed by atoms with Crippen LogP contribution in [-0.2, 0) is 10.0 Å². The summed E-state index contributed by atoms with van der Waals surface area (Å²) in [7, 11) is -4.65. The van der Waals surface area contributed by atoms with Gasteiger partial charge in [0, 0.05) is 62.8 Å². The molecule has 5 aromatic rings. The van der Waals surface area contributed by atoms with Gasteiger partial charge >= 0.3 is 0 Å². The molecule has 4 N–H and O–H groups in total. The number of piperidine rings is 1. The number of anilines is 2. The molecule has 3 aromatic carbocycles. The minimum Gasteiger partial charge on any atom is -0.454 e. The quantitative estimate of drug-likeness (QED) is 0.0614. The van der Waals surface area contributed by atoms with Gasteiger partial charge in [-0.2, -0.15) is 0 Å². The largest absolute Gasteiger partial charge is 0.454 e. The number of carbonyl (C=O) groups excluding carboxylic acids is 1. The average Bonchev–Trinajstić information content (AvgIpc) is 3.93. The Morgan fingerprint density at radius 2 is 1.79 bits per heavy atom. The van der Waals surface area contributed by atoms with Crippen molar-refractivity contribution in [2.45, 2.75) is 107 Å². The van der Waals surface area contributed by atoms with Crippen molar-refractivity contribution in [1.29, 1.82) is 0 Å². The fourth-order valence-corrected chi connectivity index (χ4v) is 12.0. The Labute approximate surface area is 391 Å². The first-order valence-corrected chi connectivity index (χ1v) is 25.0. The molecule has 67 heavy (non-hydrogen) atoms. The van der Waals surface area contributed by atoms with Crippen LogP contribution < -0.4 is 19.7 Å². The highest BCUT2D eigenvalue weighted by Gasteiger charge is 2.49. The molecule has 2 atom stereocenters.